The summed E-state index contributed by atoms with van der Waals surface area (Å²) in [7, 11) is 0. The molecule has 0 aliphatic rings. The Bertz CT molecular complexity index is 676. The molecule has 0 bridgehead atoms. The minimum absolute atomic E-state index is 0.198. The predicted octanol–water partition coefficient (Wildman–Crippen LogP) is -2.78. The summed E-state index contributed by atoms with van der Waals surface area (Å²) >= 11 is 0. The molecule has 0 aliphatic carbocycles. The Balaban J connectivity index is 5.48. The molecule has 13 nitrogen and oxygen atoms in total. The fraction of sp³-hybridized carbons (Fsp3) is 0.762. The lowest BCUT2D eigenvalue weighted by Crippen LogP contribution is -2.58. The molecule has 0 saturated heterocycles. The van der Waals surface area contributed by atoms with Crippen LogP contribution in [0.15, 0.2) is 0 Å². The first-order valence-electron chi connectivity index (χ1n) is 11.6. The highest BCUT2D eigenvalue weighted by Gasteiger charge is 2.30. The van der Waals surface area contributed by atoms with E-state index in [1.165, 1.54) is 0 Å². The Morgan fingerprint density at radius 1 is 0.765 bits per heavy atom. The van der Waals surface area contributed by atoms with E-state index in [9.17, 15) is 24.0 Å². The molecule has 13 heteroatoms. The van der Waals surface area contributed by atoms with E-state index in [-0.39, 0.29) is 6.42 Å². The van der Waals surface area contributed by atoms with Crippen LogP contribution in [0.5, 0.6) is 0 Å². The van der Waals surface area contributed by atoms with Gasteiger partial charge in [-0.15, -0.1) is 0 Å². The maximum atomic E-state index is 13.0. The Labute approximate surface area is 200 Å². The average Bonchev–Trinajstić information content (AvgIpc) is 2.78. The summed E-state index contributed by atoms with van der Waals surface area (Å²) in [5.41, 5.74) is 21.4. The van der Waals surface area contributed by atoms with E-state index in [2.05, 4.69) is 16.0 Å². The van der Waals surface area contributed by atoms with Gasteiger partial charge in [-0.05, 0) is 32.2 Å². The number of carbonyl (C=O) groups is 5. The highest BCUT2D eigenvalue weighted by atomic mass is 16.3. The van der Waals surface area contributed by atoms with Gasteiger partial charge in [0.1, 0.15) is 24.2 Å². The molecular formula is C21H41N7O6. The van der Waals surface area contributed by atoms with Crippen LogP contribution in [-0.2, 0) is 24.0 Å². The number of aliphatic hydroxyl groups excluding tert-OH is 1. The lowest BCUT2D eigenvalue weighted by Gasteiger charge is -2.25. The van der Waals surface area contributed by atoms with Crippen LogP contribution in [0.3, 0.4) is 0 Å². The molecule has 0 fully saturated rings. The lowest BCUT2D eigenvalue weighted by molar-refractivity contribution is -0.134. The van der Waals surface area contributed by atoms with Gasteiger partial charge in [0.25, 0.3) is 0 Å². The van der Waals surface area contributed by atoms with Crippen LogP contribution in [0.4, 0.5) is 0 Å². The van der Waals surface area contributed by atoms with Crippen molar-refractivity contribution >= 4 is 29.5 Å². The number of nitrogens with one attached hydrogen (secondary N) is 3. The zero-order valence-corrected chi connectivity index (χ0v) is 19.9. The molecule has 0 rings (SSSR count). The van der Waals surface area contributed by atoms with Crippen molar-refractivity contribution in [2.75, 3.05) is 13.2 Å². The highest BCUT2D eigenvalue weighted by Crippen LogP contribution is 2.08. The smallest absolute Gasteiger partial charge is 0.243 e. The second kappa shape index (κ2) is 17.7. The second-order valence-electron chi connectivity index (χ2n) is 8.18. The third-order valence-corrected chi connectivity index (χ3v) is 5.16. The Hall–Kier alpha value is -2.77. The number of amides is 5. The number of unbranched alkanes of at least 4 members (excludes halogenated alkanes) is 4. The zero-order chi connectivity index (χ0) is 26.1. The number of nitrogens with two attached hydrogens (primary N) is 4. The fourth-order valence-electron chi connectivity index (χ4n) is 3.14. The number of aliphatic hydroxyl groups is 1. The predicted molar refractivity (Wildman–Crippen MR) is 126 cm³/mol. The fourth-order valence-corrected chi connectivity index (χ4v) is 3.14. The topological polar surface area (TPSA) is 246 Å². The molecule has 0 radical (unpaired) electrons. The van der Waals surface area contributed by atoms with Gasteiger partial charge < -0.3 is 44.0 Å². The van der Waals surface area contributed by atoms with E-state index in [1.807, 2.05) is 6.92 Å². The van der Waals surface area contributed by atoms with Crippen LogP contribution in [0.25, 0.3) is 0 Å². The van der Waals surface area contributed by atoms with Gasteiger partial charge in [0.15, 0.2) is 0 Å². The Morgan fingerprint density at radius 2 is 1.26 bits per heavy atom. The molecule has 0 aromatic rings. The largest absolute Gasteiger partial charge is 0.394 e. The molecular weight excluding hydrogens is 446 g/mol. The number of carbonyl (C=O) groups excluding carboxylic acids is 5. The van der Waals surface area contributed by atoms with Gasteiger partial charge in [-0.1, -0.05) is 32.6 Å². The highest BCUT2D eigenvalue weighted by molar-refractivity contribution is 5.95. The number of hydrogen-bond donors (Lipinski definition) is 8. The van der Waals surface area contributed by atoms with E-state index >= 15 is 0 Å². The van der Waals surface area contributed by atoms with Gasteiger partial charge in [0.2, 0.25) is 29.5 Å². The summed E-state index contributed by atoms with van der Waals surface area (Å²) in [6.45, 7) is 1.83. The quantitative estimate of drug-likeness (QED) is 0.0883. The van der Waals surface area contributed by atoms with Crippen molar-refractivity contribution < 1.29 is 29.1 Å². The normalized spacial score (nSPS) is 14.4. The first-order valence-corrected chi connectivity index (χ1v) is 11.6. The van der Waals surface area contributed by atoms with Crippen molar-refractivity contribution in [3.8, 4) is 0 Å². The van der Waals surface area contributed by atoms with E-state index < -0.39 is 66.7 Å². The summed E-state index contributed by atoms with van der Waals surface area (Å²) in [5.74, 6) is -3.81. The monoisotopic (exact) mass is 487 g/mol. The van der Waals surface area contributed by atoms with E-state index in [4.69, 9.17) is 28.0 Å². The number of hydrogen-bond acceptors (Lipinski definition) is 8. The molecule has 0 saturated carbocycles. The number of rotatable bonds is 19. The zero-order valence-electron chi connectivity index (χ0n) is 19.9. The molecule has 0 heterocycles. The lowest BCUT2D eigenvalue weighted by atomic mass is 10.0. The summed E-state index contributed by atoms with van der Waals surface area (Å²) in [6, 6.07) is -4.58. The van der Waals surface area contributed by atoms with Crippen LogP contribution in [0.2, 0.25) is 0 Å². The first-order chi connectivity index (χ1) is 16.1. The Morgan fingerprint density at radius 3 is 1.71 bits per heavy atom. The van der Waals surface area contributed by atoms with Gasteiger partial charge in [0, 0.05) is 0 Å². The molecule has 12 N–H and O–H groups in total. The van der Waals surface area contributed by atoms with Crippen molar-refractivity contribution in [3.63, 3.8) is 0 Å². The first kappa shape index (κ1) is 31.2. The maximum Gasteiger partial charge on any atom is 0.243 e. The summed E-state index contributed by atoms with van der Waals surface area (Å²) in [6.07, 6.45) is 4.52. The summed E-state index contributed by atoms with van der Waals surface area (Å²) in [5, 5.41) is 16.6. The van der Waals surface area contributed by atoms with Gasteiger partial charge in [-0.25, -0.2) is 0 Å². The molecule has 0 aromatic heterocycles. The molecule has 0 spiro atoms. The van der Waals surface area contributed by atoms with E-state index in [1.54, 1.807) is 0 Å². The SMILES string of the molecule is CCCCCC[C@H](NC(=O)[C@@H](N)CO)C(=O)N[C@@H](CCCCN)C(=O)N[C@@H](CC(N)=O)C(N)=O. The molecule has 0 aliphatic heterocycles. The summed E-state index contributed by atoms with van der Waals surface area (Å²) < 4.78 is 0. The van der Waals surface area contributed by atoms with Crippen LogP contribution in [-0.4, -0.2) is 72.0 Å². The second-order valence-corrected chi connectivity index (χ2v) is 8.18. The molecule has 34 heavy (non-hydrogen) atoms. The van der Waals surface area contributed by atoms with E-state index in [0.717, 1.165) is 19.3 Å². The van der Waals surface area contributed by atoms with Gasteiger partial charge in [-0.2, -0.15) is 0 Å². The maximum absolute atomic E-state index is 13.0. The standard InChI is InChI=1S/C21H41N7O6/c1-2-3-4-5-8-14(26-19(32)13(23)12-29)20(33)27-15(9-6-7-10-22)21(34)28-16(18(25)31)11-17(24)30/h13-16,29H,2-12,22-23H2,1H3,(H2,24,30)(H2,25,31)(H,26,32)(H,27,33)(H,28,34)/t13-,14-,15-,16-/m0/s1. The third kappa shape index (κ3) is 13.1. The van der Waals surface area contributed by atoms with Crippen molar-refractivity contribution in [2.24, 2.45) is 22.9 Å². The van der Waals surface area contributed by atoms with Gasteiger partial charge in [-0.3, -0.25) is 24.0 Å². The summed E-state index contributed by atoms with van der Waals surface area (Å²) in [4.78, 5) is 60.7. The minimum Gasteiger partial charge on any atom is -0.394 e. The van der Waals surface area contributed by atoms with Crippen LogP contribution < -0.4 is 38.9 Å². The van der Waals surface area contributed by atoms with Crippen molar-refractivity contribution in [1.29, 1.82) is 0 Å². The van der Waals surface area contributed by atoms with E-state index in [0.29, 0.717) is 32.2 Å². The molecule has 0 aromatic carbocycles. The molecule has 196 valence electrons. The average molecular weight is 488 g/mol. The van der Waals surface area contributed by atoms with Gasteiger partial charge in [0.05, 0.1) is 13.0 Å². The molecule has 4 atom stereocenters. The minimum atomic E-state index is -1.33. The van der Waals surface area contributed by atoms with Crippen molar-refractivity contribution in [3.05, 3.63) is 0 Å². The van der Waals surface area contributed by atoms with Crippen LogP contribution >= 0.6 is 0 Å². The van der Waals surface area contributed by atoms with Gasteiger partial charge >= 0.3 is 0 Å². The van der Waals surface area contributed by atoms with Crippen molar-refractivity contribution in [2.45, 2.75) is 88.9 Å². The van der Waals surface area contributed by atoms with Crippen molar-refractivity contribution in [1.82, 2.24) is 16.0 Å². The molecule has 0 unspecified atom stereocenters. The number of primary amides is 2. The Kier molecular flexibility index (Phi) is 16.2. The van der Waals surface area contributed by atoms with Crippen LogP contribution in [0, 0.1) is 0 Å². The molecule has 5 amide bonds. The third-order valence-electron chi connectivity index (χ3n) is 5.16. The van der Waals surface area contributed by atoms with Crippen LogP contribution in [0.1, 0.15) is 64.7 Å².